The van der Waals surface area contributed by atoms with Gasteiger partial charge in [0, 0.05) is 57.2 Å². The Kier molecular flexibility index (Phi) is 7.80. The summed E-state index contributed by atoms with van der Waals surface area (Å²) < 4.78 is 0. The van der Waals surface area contributed by atoms with Crippen molar-refractivity contribution < 1.29 is 0 Å². The third kappa shape index (κ3) is 5.65. The first-order valence-electron chi connectivity index (χ1n) is 10.1. The van der Waals surface area contributed by atoms with E-state index in [4.69, 9.17) is 0 Å². The number of nitrogens with zero attached hydrogens (tertiary/aromatic N) is 3. The molecule has 1 atom stereocenters. The highest BCUT2D eigenvalue weighted by Gasteiger charge is 2.23. The predicted octanol–water partition coefficient (Wildman–Crippen LogP) is 3.62. The molecule has 0 saturated carbocycles. The van der Waals surface area contributed by atoms with E-state index < -0.39 is 0 Å². The van der Waals surface area contributed by atoms with Gasteiger partial charge in [0.15, 0.2) is 5.96 Å². The van der Waals surface area contributed by atoms with Crippen LogP contribution >= 0.6 is 24.0 Å². The molecule has 2 aliphatic rings. The monoisotopic (exact) mass is 503 g/mol. The molecule has 29 heavy (non-hydrogen) atoms. The molecule has 0 aromatic heterocycles. The van der Waals surface area contributed by atoms with Crippen molar-refractivity contribution in [2.24, 2.45) is 4.99 Å². The van der Waals surface area contributed by atoms with Crippen LogP contribution in [-0.4, -0.2) is 45.2 Å². The lowest BCUT2D eigenvalue weighted by molar-refractivity contribution is 0.648. The zero-order valence-electron chi connectivity index (χ0n) is 16.9. The number of hydrogen-bond donors (Lipinski definition) is 2. The van der Waals surface area contributed by atoms with Crippen LogP contribution in [-0.2, 0) is 6.54 Å². The van der Waals surface area contributed by atoms with Crippen LogP contribution < -0.4 is 20.4 Å². The van der Waals surface area contributed by atoms with Crippen molar-refractivity contribution in [3.63, 3.8) is 0 Å². The Hall–Kier alpha value is -2.22. The van der Waals surface area contributed by atoms with Crippen molar-refractivity contribution in [3.8, 4) is 0 Å². The Morgan fingerprint density at radius 1 is 0.966 bits per heavy atom. The molecule has 6 heteroatoms. The Balaban J connectivity index is 0.00000240. The molecule has 2 aromatic rings. The lowest BCUT2D eigenvalue weighted by Gasteiger charge is -2.20. The molecule has 0 amide bonds. The molecule has 1 unspecified atom stereocenters. The minimum Gasteiger partial charge on any atom is -0.369 e. The molecule has 2 aromatic carbocycles. The van der Waals surface area contributed by atoms with Gasteiger partial charge in [0.1, 0.15) is 0 Å². The topological polar surface area (TPSA) is 42.9 Å². The van der Waals surface area contributed by atoms with Gasteiger partial charge in [-0.2, -0.15) is 0 Å². The van der Waals surface area contributed by atoms with Crippen molar-refractivity contribution in [2.75, 3.05) is 43.0 Å². The fourth-order valence-electron chi connectivity index (χ4n) is 3.84. The summed E-state index contributed by atoms with van der Waals surface area (Å²) in [4.78, 5) is 9.19. The Labute approximate surface area is 190 Å². The first-order chi connectivity index (χ1) is 13.8. The van der Waals surface area contributed by atoms with Gasteiger partial charge in [-0.25, -0.2) is 0 Å². The van der Waals surface area contributed by atoms with E-state index in [9.17, 15) is 0 Å². The number of guanidine groups is 1. The van der Waals surface area contributed by atoms with E-state index >= 15 is 0 Å². The highest BCUT2D eigenvalue weighted by Crippen LogP contribution is 2.20. The van der Waals surface area contributed by atoms with Crippen molar-refractivity contribution in [1.82, 2.24) is 10.6 Å². The van der Waals surface area contributed by atoms with Crippen LogP contribution in [0.1, 0.15) is 12.0 Å². The molecule has 2 aliphatic heterocycles. The molecule has 0 spiro atoms. The minimum absolute atomic E-state index is 0. The number of nitrogens with one attached hydrogen (secondary N) is 2. The van der Waals surface area contributed by atoms with E-state index in [1.165, 1.54) is 16.9 Å². The van der Waals surface area contributed by atoms with Crippen molar-refractivity contribution in [3.05, 3.63) is 72.3 Å². The van der Waals surface area contributed by atoms with Gasteiger partial charge in [-0.1, -0.05) is 42.5 Å². The molecule has 0 radical (unpaired) electrons. The van der Waals surface area contributed by atoms with E-state index in [-0.39, 0.29) is 24.0 Å². The van der Waals surface area contributed by atoms with Crippen molar-refractivity contribution in [1.29, 1.82) is 0 Å². The first-order valence-corrected chi connectivity index (χ1v) is 10.1. The number of rotatable bonds is 5. The van der Waals surface area contributed by atoms with Gasteiger partial charge >= 0.3 is 0 Å². The summed E-state index contributed by atoms with van der Waals surface area (Å²) in [6, 6.07) is 19.8. The summed E-state index contributed by atoms with van der Waals surface area (Å²) >= 11 is 0. The molecule has 154 valence electrons. The van der Waals surface area contributed by atoms with Gasteiger partial charge in [0.05, 0.1) is 0 Å². The molecule has 1 fully saturated rings. The average Bonchev–Trinajstić information content (AvgIpc) is 3.44. The molecule has 4 rings (SSSR count). The van der Waals surface area contributed by atoms with Crippen molar-refractivity contribution >= 4 is 41.3 Å². The zero-order valence-corrected chi connectivity index (χ0v) is 19.3. The molecule has 0 aliphatic carbocycles. The SMILES string of the molecule is CN=C(NCc1ccc(N2CC=CC2)cc1)NC1CCN(c2ccccc2)C1.I. The van der Waals surface area contributed by atoms with Gasteiger partial charge in [-0.05, 0) is 36.2 Å². The van der Waals surface area contributed by atoms with Gasteiger partial charge in [-0.15, -0.1) is 24.0 Å². The fourth-order valence-corrected chi connectivity index (χ4v) is 3.84. The number of aliphatic imine (C=N–C) groups is 1. The van der Waals surface area contributed by atoms with E-state index in [1.807, 2.05) is 7.05 Å². The van der Waals surface area contributed by atoms with Crippen LogP contribution in [0.2, 0.25) is 0 Å². The number of para-hydroxylation sites is 1. The Morgan fingerprint density at radius 3 is 2.34 bits per heavy atom. The first kappa shape index (κ1) is 21.5. The maximum absolute atomic E-state index is 4.40. The summed E-state index contributed by atoms with van der Waals surface area (Å²) in [6.07, 6.45) is 5.55. The van der Waals surface area contributed by atoms with Crippen LogP contribution in [0.5, 0.6) is 0 Å². The summed E-state index contributed by atoms with van der Waals surface area (Å²) in [5.41, 5.74) is 3.84. The number of halogens is 1. The van der Waals surface area contributed by atoms with Gasteiger partial charge < -0.3 is 20.4 Å². The quantitative estimate of drug-likeness (QED) is 0.283. The van der Waals surface area contributed by atoms with Crippen LogP contribution in [0, 0.1) is 0 Å². The Morgan fingerprint density at radius 2 is 1.66 bits per heavy atom. The van der Waals surface area contributed by atoms with Gasteiger partial charge in [-0.3, -0.25) is 4.99 Å². The molecule has 0 bridgehead atoms. The van der Waals surface area contributed by atoms with Crippen molar-refractivity contribution in [2.45, 2.75) is 19.0 Å². The number of benzene rings is 2. The maximum atomic E-state index is 4.40. The van der Waals surface area contributed by atoms with Crippen LogP contribution in [0.4, 0.5) is 11.4 Å². The molecule has 2 N–H and O–H groups in total. The number of anilines is 2. The highest BCUT2D eigenvalue weighted by atomic mass is 127. The number of hydrogen-bond acceptors (Lipinski definition) is 3. The fraction of sp³-hybridized carbons (Fsp3) is 0.348. The average molecular weight is 503 g/mol. The minimum atomic E-state index is 0. The Bertz CT molecular complexity index is 811. The molecule has 2 heterocycles. The third-order valence-electron chi connectivity index (χ3n) is 5.45. The second kappa shape index (κ2) is 10.5. The standard InChI is InChI=1S/C23H29N5.HI/c1-24-23(26-20-13-16-28(18-20)21-7-3-2-4-8-21)25-17-19-9-11-22(12-10-19)27-14-5-6-15-27;/h2-12,20H,13-18H2,1H3,(H2,24,25,26);1H. The summed E-state index contributed by atoms with van der Waals surface area (Å²) in [7, 11) is 1.84. The molecule has 5 nitrogen and oxygen atoms in total. The highest BCUT2D eigenvalue weighted by molar-refractivity contribution is 14.0. The lowest BCUT2D eigenvalue weighted by Crippen LogP contribution is -2.44. The molecular formula is C23H30IN5. The normalized spacial score (nSPS) is 18.7. The van der Waals surface area contributed by atoms with E-state index in [0.717, 1.165) is 45.1 Å². The van der Waals surface area contributed by atoms with E-state index in [2.05, 4.69) is 92.2 Å². The van der Waals surface area contributed by atoms with Crippen LogP contribution in [0.3, 0.4) is 0 Å². The predicted molar refractivity (Wildman–Crippen MR) is 134 cm³/mol. The largest absolute Gasteiger partial charge is 0.369 e. The van der Waals surface area contributed by atoms with Gasteiger partial charge in [0.25, 0.3) is 0 Å². The summed E-state index contributed by atoms with van der Waals surface area (Å²) in [5.74, 6) is 0.868. The molecule has 1 saturated heterocycles. The van der Waals surface area contributed by atoms with Crippen LogP contribution in [0.15, 0.2) is 71.7 Å². The second-order valence-electron chi connectivity index (χ2n) is 7.38. The third-order valence-corrected chi connectivity index (χ3v) is 5.45. The zero-order chi connectivity index (χ0) is 19.2. The summed E-state index contributed by atoms with van der Waals surface area (Å²) in [6.45, 7) is 4.87. The smallest absolute Gasteiger partial charge is 0.191 e. The maximum Gasteiger partial charge on any atom is 0.191 e. The second-order valence-corrected chi connectivity index (χ2v) is 7.38. The van der Waals surface area contributed by atoms with E-state index in [1.54, 1.807) is 0 Å². The lowest BCUT2D eigenvalue weighted by atomic mass is 10.2. The van der Waals surface area contributed by atoms with Gasteiger partial charge in [0.2, 0.25) is 0 Å². The van der Waals surface area contributed by atoms with Crippen LogP contribution in [0.25, 0.3) is 0 Å². The van der Waals surface area contributed by atoms with E-state index in [0.29, 0.717) is 6.04 Å². The molecular weight excluding hydrogens is 473 g/mol. The summed E-state index contributed by atoms with van der Waals surface area (Å²) in [5, 5.41) is 7.02.